The van der Waals surface area contributed by atoms with Crippen LogP contribution in [0.2, 0.25) is 0 Å². The minimum absolute atomic E-state index is 0.182. The molecule has 3 aromatic carbocycles. The van der Waals surface area contributed by atoms with Crippen molar-refractivity contribution in [2.24, 2.45) is 16.6 Å². The number of rotatable bonds is 8. The number of carbonyl (C=O) groups excluding carboxylic acids is 2. The summed E-state index contributed by atoms with van der Waals surface area (Å²) in [7, 11) is 0. The highest BCUT2D eigenvalue weighted by Gasteiger charge is 2.50. The van der Waals surface area contributed by atoms with Gasteiger partial charge in [-0.1, -0.05) is 98.8 Å². The minimum Gasteiger partial charge on any atom is -0.369 e. The van der Waals surface area contributed by atoms with Crippen molar-refractivity contribution in [1.82, 2.24) is 4.90 Å². The summed E-state index contributed by atoms with van der Waals surface area (Å²) in [6.07, 6.45) is 0.951. The fraction of sp³-hybridized carbons (Fsp3) is 0.250. The Hall–Kier alpha value is -3.73. The molecular formula is C28H29N3O2. The first-order valence-corrected chi connectivity index (χ1v) is 11.3. The van der Waals surface area contributed by atoms with E-state index in [4.69, 9.17) is 10.7 Å². The fourth-order valence-corrected chi connectivity index (χ4v) is 4.41. The smallest absolute Gasteiger partial charge is 0.266 e. The Morgan fingerprint density at radius 3 is 2.06 bits per heavy atom. The molecule has 1 amide bonds. The van der Waals surface area contributed by atoms with Crippen LogP contribution in [0.1, 0.15) is 42.5 Å². The highest BCUT2D eigenvalue weighted by atomic mass is 16.2. The van der Waals surface area contributed by atoms with Crippen LogP contribution in [-0.4, -0.2) is 22.5 Å². The van der Waals surface area contributed by atoms with Gasteiger partial charge >= 0.3 is 0 Å². The first-order chi connectivity index (χ1) is 15.9. The summed E-state index contributed by atoms with van der Waals surface area (Å²) in [4.78, 5) is 32.5. The molecular weight excluding hydrogens is 410 g/mol. The van der Waals surface area contributed by atoms with Gasteiger partial charge in [-0.15, -0.1) is 0 Å². The quantitative estimate of drug-likeness (QED) is 0.564. The van der Waals surface area contributed by atoms with Gasteiger partial charge in [0.1, 0.15) is 5.78 Å². The number of ketones is 1. The van der Waals surface area contributed by atoms with Crippen LogP contribution in [0.4, 0.5) is 0 Å². The third-order valence-electron chi connectivity index (χ3n) is 5.87. The van der Waals surface area contributed by atoms with E-state index in [0.29, 0.717) is 25.3 Å². The molecule has 4 rings (SSSR count). The molecule has 0 bridgehead atoms. The van der Waals surface area contributed by atoms with Gasteiger partial charge in [0.05, 0.1) is 6.54 Å². The summed E-state index contributed by atoms with van der Waals surface area (Å²) in [5.41, 5.74) is 8.54. The predicted octanol–water partition coefficient (Wildman–Crippen LogP) is 4.45. The van der Waals surface area contributed by atoms with E-state index in [9.17, 15) is 9.59 Å². The Kier molecular flexibility index (Phi) is 6.40. The zero-order chi connectivity index (χ0) is 23.4. The van der Waals surface area contributed by atoms with Gasteiger partial charge in [0.15, 0.2) is 11.5 Å². The van der Waals surface area contributed by atoms with Crippen molar-refractivity contribution in [1.29, 1.82) is 0 Å². The lowest BCUT2D eigenvalue weighted by atomic mass is 9.83. The molecule has 0 saturated heterocycles. The molecule has 0 radical (unpaired) electrons. The summed E-state index contributed by atoms with van der Waals surface area (Å²) < 4.78 is 0. The zero-order valence-corrected chi connectivity index (χ0v) is 19.1. The molecule has 1 aliphatic rings. The third-order valence-corrected chi connectivity index (χ3v) is 5.87. The normalized spacial score (nSPS) is 15.1. The number of hydrogen-bond acceptors (Lipinski definition) is 4. The summed E-state index contributed by atoms with van der Waals surface area (Å²) in [6, 6.07) is 26.9. The van der Waals surface area contributed by atoms with Gasteiger partial charge < -0.3 is 5.73 Å². The second kappa shape index (κ2) is 9.41. The SMILES string of the molecule is CC(C)CC(=O)Cc1cccc(CN2C(=O)C(c3ccccc3)(c3ccccc3)N=C2N)c1. The van der Waals surface area contributed by atoms with E-state index in [1.54, 1.807) is 0 Å². The van der Waals surface area contributed by atoms with Gasteiger partial charge in [0, 0.05) is 12.8 Å². The molecule has 0 atom stereocenters. The Morgan fingerprint density at radius 1 is 0.909 bits per heavy atom. The predicted molar refractivity (Wildman–Crippen MR) is 130 cm³/mol. The largest absolute Gasteiger partial charge is 0.369 e. The van der Waals surface area contributed by atoms with E-state index in [2.05, 4.69) is 0 Å². The van der Waals surface area contributed by atoms with Crippen molar-refractivity contribution in [3.63, 3.8) is 0 Å². The number of amides is 1. The summed E-state index contributed by atoms with van der Waals surface area (Å²) in [6.45, 7) is 4.38. The first-order valence-electron chi connectivity index (χ1n) is 11.3. The summed E-state index contributed by atoms with van der Waals surface area (Å²) in [5, 5.41) is 0. The average Bonchev–Trinajstić information content (AvgIpc) is 3.05. The van der Waals surface area contributed by atoms with Crippen molar-refractivity contribution in [2.75, 3.05) is 0 Å². The minimum atomic E-state index is -1.21. The molecule has 5 nitrogen and oxygen atoms in total. The molecule has 0 fully saturated rings. The second-order valence-electron chi connectivity index (χ2n) is 8.94. The Balaban J connectivity index is 1.64. The van der Waals surface area contributed by atoms with Crippen molar-refractivity contribution < 1.29 is 9.59 Å². The molecule has 0 spiro atoms. The monoisotopic (exact) mass is 439 g/mol. The van der Waals surface area contributed by atoms with Crippen LogP contribution in [0.25, 0.3) is 0 Å². The number of benzene rings is 3. The number of aliphatic imine (C=N–C) groups is 1. The van der Waals surface area contributed by atoms with Crippen LogP contribution < -0.4 is 5.73 Å². The molecule has 168 valence electrons. The number of nitrogens with zero attached hydrogens (tertiary/aromatic N) is 2. The topological polar surface area (TPSA) is 75.8 Å². The Morgan fingerprint density at radius 2 is 1.48 bits per heavy atom. The number of Topliss-reactive ketones (excluding diaryl/α,β-unsaturated/α-hetero) is 1. The van der Waals surface area contributed by atoms with Crippen molar-refractivity contribution in [2.45, 2.75) is 38.8 Å². The fourth-order valence-electron chi connectivity index (χ4n) is 4.41. The van der Waals surface area contributed by atoms with E-state index in [-0.39, 0.29) is 17.6 Å². The van der Waals surface area contributed by atoms with E-state index >= 15 is 0 Å². The van der Waals surface area contributed by atoms with Crippen LogP contribution in [0.5, 0.6) is 0 Å². The highest BCUT2D eigenvalue weighted by molar-refractivity contribution is 6.09. The zero-order valence-electron chi connectivity index (χ0n) is 19.1. The van der Waals surface area contributed by atoms with Crippen LogP contribution in [0, 0.1) is 5.92 Å². The van der Waals surface area contributed by atoms with Gasteiger partial charge in [-0.25, -0.2) is 4.99 Å². The van der Waals surface area contributed by atoms with Crippen molar-refractivity contribution in [3.8, 4) is 0 Å². The third kappa shape index (κ3) is 4.58. The van der Waals surface area contributed by atoms with Gasteiger partial charge in [0.25, 0.3) is 5.91 Å². The lowest BCUT2D eigenvalue weighted by Gasteiger charge is -2.27. The van der Waals surface area contributed by atoms with Gasteiger partial charge in [-0.05, 0) is 28.2 Å². The van der Waals surface area contributed by atoms with Gasteiger partial charge in [-0.3, -0.25) is 14.5 Å². The standard InChI is InChI=1S/C28H29N3O2/c1-20(2)16-25(32)18-21-10-9-11-22(17-21)19-31-26(33)28(30-27(31)29,23-12-5-3-6-13-23)24-14-7-4-8-15-24/h3-15,17,20H,16,18-19H2,1-2H3,(H2,29,30). The Bertz CT molecular complexity index is 1130. The lowest BCUT2D eigenvalue weighted by Crippen LogP contribution is -2.43. The van der Waals surface area contributed by atoms with E-state index in [0.717, 1.165) is 22.3 Å². The van der Waals surface area contributed by atoms with E-state index < -0.39 is 5.54 Å². The molecule has 2 N–H and O–H groups in total. The van der Waals surface area contributed by atoms with Crippen molar-refractivity contribution >= 4 is 17.6 Å². The average molecular weight is 440 g/mol. The lowest BCUT2D eigenvalue weighted by molar-refractivity contribution is -0.130. The van der Waals surface area contributed by atoms with Crippen molar-refractivity contribution in [3.05, 3.63) is 107 Å². The molecule has 33 heavy (non-hydrogen) atoms. The number of nitrogens with two attached hydrogens (primary N) is 1. The van der Waals surface area contributed by atoms with Crippen LogP contribution in [0.3, 0.4) is 0 Å². The van der Waals surface area contributed by atoms with Crippen LogP contribution in [0.15, 0.2) is 89.9 Å². The van der Waals surface area contributed by atoms with Crippen LogP contribution >= 0.6 is 0 Å². The molecule has 5 heteroatoms. The maximum atomic E-state index is 13.9. The Labute approximate surface area is 195 Å². The molecule has 0 aliphatic carbocycles. The highest BCUT2D eigenvalue weighted by Crippen LogP contribution is 2.39. The molecule has 0 unspecified atom stereocenters. The molecule has 1 heterocycles. The number of carbonyl (C=O) groups is 2. The van der Waals surface area contributed by atoms with Crippen LogP contribution in [-0.2, 0) is 28.1 Å². The molecule has 3 aromatic rings. The number of guanidine groups is 1. The second-order valence-corrected chi connectivity index (χ2v) is 8.94. The molecule has 1 aliphatic heterocycles. The van der Waals surface area contributed by atoms with E-state index in [1.807, 2.05) is 98.8 Å². The maximum absolute atomic E-state index is 13.9. The van der Waals surface area contributed by atoms with Gasteiger partial charge in [0.2, 0.25) is 0 Å². The number of hydrogen-bond donors (Lipinski definition) is 1. The van der Waals surface area contributed by atoms with Gasteiger partial charge in [-0.2, -0.15) is 0 Å². The summed E-state index contributed by atoms with van der Waals surface area (Å²) >= 11 is 0. The molecule has 0 saturated carbocycles. The first kappa shape index (κ1) is 22.5. The molecule has 0 aromatic heterocycles. The summed E-state index contributed by atoms with van der Waals surface area (Å²) in [5.74, 6) is 0.559. The maximum Gasteiger partial charge on any atom is 0.266 e. The van der Waals surface area contributed by atoms with E-state index in [1.165, 1.54) is 4.90 Å².